The zero-order valence-electron chi connectivity index (χ0n) is 18.8. The molecule has 33 heavy (non-hydrogen) atoms. The van der Waals surface area contributed by atoms with Crippen LogP contribution < -0.4 is 15.0 Å². The molecular formula is C24H29N5O3S. The van der Waals surface area contributed by atoms with E-state index >= 15 is 0 Å². The Hall–Kier alpha value is -3.20. The summed E-state index contributed by atoms with van der Waals surface area (Å²) < 4.78 is 5.59. The molecule has 1 aliphatic heterocycles. The molecule has 1 aromatic carbocycles. The minimum Gasteiger partial charge on any atom is -0.494 e. The van der Waals surface area contributed by atoms with Crippen molar-refractivity contribution in [3.63, 3.8) is 0 Å². The van der Waals surface area contributed by atoms with Crippen molar-refractivity contribution in [1.29, 1.82) is 0 Å². The van der Waals surface area contributed by atoms with Gasteiger partial charge in [-0.05, 0) is 31.5 Å². The first-order valence-electron chi connectivity index (χ1n) is 11.4. The minimum absolute atomic E-state index is 0.0210. The first kappa shape index (κ1) is 23.0. The lowest BCUT2D eigenvalue weighted by Gasteiger charge is -2.21. The molecular weight excluding hydrogens is 438 g/mol. The SMILES string of the molecule is CCOc1ccccc1CNC(=O)CCC(=O)N1CCCN(c2nc3cccnc3s2)CC1. The number of hydrogen-bond donors (Lipinski definition) is 1. The van der Waals surface area contributed by atoms with E-state index in [9.17, 15) is 9.59 Å². The van der Waals surface area contributed by atoms with Gasteiger partial charge in [0.25, 0.3) is 0 Å². The molecule has 3 aromatic rings. The first-order valence-corrected chi connectivity index (χ1v) is 12.2. The van der Waals surface area contributed by atoms with Crippen molar-refractivity contribution < 1.29 is 14.3 Å². The second-order valence-corrected chi connectivity index (χ2v) is 8.82. The first-order chi connectivity index (χ1) is 16.1. The number of anilines is 1. The number of carbonyl (C=O) groups excluding carboxylic acids is 2. The second-order valence-electron chi connectivity index (χ2n) is 7.86. The monoisotopic (exact) mass is 467 g/mol. The predicted molar refractivity (Wildman–Crippen MR) is 130 cm³/mol. The Morgan fingerprint density at radius 3 is 2.82 bits per heavy atom. The average molecular weight is 468 g/mol. The molecule has 0 aliphatic carbocycles. The largest absolute Gasteiger partial charge is 0.494 e. The Kier molecular flexibility index (Phi) is 7.72. The topological polar surface area (TPSA) is 87.7 Å². The van der Waals surface area contributed by atoms with E-state index in [1.165, 1.54) is 0 Å². The normalized spacial score (nSPS) is 14.2. The van der Waals surface area contributed by atoms with Crippen molar-refractivity contribution in [3.05, 3.63) is 48.2 Å². The third-order valence-corrected chi connectivity index (χ3v) is 6.63. The van der Waals surface area contributed by atoms with Gasteiger partial charge in [0.15, 0.2) is 5.13 Å². The molecule has 0 saturated carbocycles. The number of rotatable bonds is 8. The average Bonchev–Trinajstić information content (AvgIpc) is 3.11. The van der Waals surface area contributed by atoms with Crippen LogP contribution in [0.5, 0.6) is 5.75 Å². The van der Waals surface area contributed by atoms with Crippen molar-refractivity contribution in [2.24, 2.45) is 0 Å². The molecule has 4 rings (SSSR count). The van der Waals surface area contributed by atoms with Gasteiger partial charge in [-0.15, -0.1) is 0 Å². The number of thiazole rings is 1. The van der Waals surface area contributed by atoms with E-state index in [0.717, 1.165) is 46.3 Å². The summed E-state index contributed by atoms with van der Waals surface area (Å²) in [6, 6.07) is 11.5. The van der Waals surface area contributed by atoms with Crippen LogP contribution in [0.2, 0.25) is 0 Å². The van der Waals surface area contributed by atoms with Crippen molar-refractivity contribution >= 4 is 38.6 Å². The lowest BCUT2D eigenvalue weighted by molar-refractivity contribution is -0.133. The van der Waals surface area contributed by atoms with E-state index in [0.29, 0.717) is 26.2 Å². The third-order valence-electron chi connectivity index (χ3n) is 5.59. The van der Waals surface area contributed by atoms with E-state index in [-0.39, 0.29) is 24.7 Å². The molecule has 1 aliphatic rings. The Labute approximate surface area is 197 Å². The highest BCUT2D eigenvalue weighted by Crippen LogP contribution is 2.27. The van der Waals surface area contributed by atoms with E-state index < -0.39 is 0 Å². The molecule has 3 heterocycles. The Balaban J connectivity index is 1.24. The number of nitrogens with one attached hydrogen (secondary N) is 1. The zero-order chi connectivity index (χ0) is 23.0. The summed E-state index contributed by atoms with van der Waals surface area (Å²) in [5.74, 6) is 0.662. The molecule has 174 valence electrons. The fraction of sp³-hybridized carbons (Fsp3) is 0.417. The van der Waals surface area contributed by atoms with Gasteiger partial charge < -0.3 is 19.9 Å². The molecule has 1 N–H and O–H groups in total. The van der Waals surface area contributed by atoms with Crippen LogP contribution in [0.15, 0.2) is 42.6 Å². The highest BCUT2D eigenvalue weighted by atomic mass is 32.1. The molecule has 0 unspecified atom stereocenters. The summed E-state index contributed by atoms with van der Waals surface area (Å²) in [4.78, 5) is 39.1. The van der Waals surface area contributed by atoms with Crippen molar-refractivity contribution in [2.45, 2.75) is 32.7 Å². The summed E-state index contributed by atoms with van der Waals surface area (Å²) in [5, 5.41) is 3.85. The number of pyridine rings is 1. The smallest absolute Gasteiger partial charge is 0.223 e. The quantitative estimate of drug-likeness (QED) is 0.547. The lowest BCUT2D eigenvalue weighted by atomic mass is 10.2. The number of para-hydroxylation sites is 1. The number of hydrogen-bond acceptors (Lipinski definition) is 7. The van der Waals surface area contributed by atoms with Gasteiger partial charge in [-0.3, -0.25) is 9.59 Å². The third kappa shape index (κ3) is 5.98. The van der Waals surface area contributed by atoms with Crippen molar-refractivity contribution in [2.75, 3.05) is 37.7 Å². The van der Waals surface area contributed by atoms with Gasteiger partial charge in [0, 0.05) is 57.3 Å². The molecule has 2 amide bonds. The fourth-order valence-corrected chi connectivity index (χ4v) is 4.82. The molecule has 1 fully saturated rings. The molecule has 0 atom stereocenters. The Bertz CT molecular complexity index is 1070. The van der Waals surface area contributed by atoms with Crippen LogP contribution in [0.3, 0.4) is 0 Å². The number of aromatic nitrogens is 2. The van der Waals surface area contributed by atoms with Gasteiger partial charge in [0.2, 0.25) is 11.8 Å². The standard InChI is InChI=1S/C24H29N5O3S/c1-2-32-20-9-4-3-7-18(20)17-26-21(30)10-11-22(31)28-13-6-14-29(16-15-28)24-27-19-8-5-12-25-23(19)33-24/h3-5,7-9,12H,2,6,10-11,13-17H2,1H3,(H,26,30). The van der Waals surface area contributed by atoms with Gasteiger partial charge in [0.1, 0.15) is 16.1 Å². The number of carbonyl (C=O) groups is 2. The van der Waals surface area contributed by atoms with Crippen LogP contribution in [-0.4, -0.2) is 59.5 Å². The molecule has 0 spiro atoms. The van der Waals surface area contributed by atoms with Crippen LogP contribution in [0.25, 0.3) is 10.3 Å². The highest BCUT2D eigenvalue weighted by Gasteiger charge is 2.21. The molecule has 2 aromatic heterocycles. The predicted octanol–water partition coefficient (Wildman–Crippen LogP) is 3.23. The summed E-state index contributed by atoms with van der Waals surface area (Å²) in [6.45, 7) is 5.80. The van der Waals surface area contributed by atoms with Gasteiger partial charge >= 0.3 is 0 Å². The molecule has 9 heteroatoms. The summed E-state index contributed by atoms with van der Waals surface area (Å²) in [5.41, 5.74) is 1.83. The van der Waals surface area contributed by atoms with Gasteiger partial charge in [-0.2, -0.15) is 0 Å². The number of benzene rings is 1. The number of amides is 2. The van der Waals surface area contributed by atoms with Crippen LogP contribution >= 0.6 is 11.3 Å². The molecule has 0 bridgehead atoms. The van der Waals surface area contributed by atoms with Crippen molar-refractivity contribution in [3.8, 4) is 5.75 Å². The maximum atomic E-state index is 12.7. The van der Waals surface area contributed by atoms with Gasteiger partial charge in [-0.1, -0.05) is 29.5 Å². The van der Waals surface area contributed by atoms with Crippen LogP contribution in [-0.2, 0) is 16.1 Å². The summed E-state index contributed by atoms with van der Waals surface area (Å²) in [6.07, 6.45) is 3.04. The van der Waals surface area contributed by atoms with Crippen LogP contribution in [0.4, 0.5) is 5.13 Å². The summed E-state index contributed by atoms with van der Waals surface area (Å²) >= 11 is 1.58. The lowest BCUT2D eigenvalue weighted by Crippen LogP contribution is -2.36. The van der Waals surface area contributed by atoms with E-state index in [2.05, 4.69) is 20.2 Å². The fourth-order valence-electron chi connectivity index (χ4n) is 3.86. The Morgan fingerprint density at radius 2 is 1.97 bits per heavy atom. The van der Waals surface area contributed by atoms with Crippen molar-refractivity contribution in [1.82, 2.24) is 20.2 Å². The maximum absolute atomic E-state index is 12.7. The molecule has 1 saturated heterocycles. The highest BCUT2D eigenvalue weighted by molar-refractivity contribution is 7.21. The maximum Gasteiger partial charge on any atom is 0.223 e. The van der Waals surface area contributed by atoms with Crippen LogP contribution in [0.1, 0.15) is 31.7 Å². The number of fused-ring (bicyclic) bond motifs is 1. The summed E-state index contributed by atoms with van der Waals surface area (Å²) in [7, 11) is 0. The van der Waals surface area contributed by atoms with E-state index in [4.69, 9.17) is 4.74 Å². The number of nitrogens with zero attached hydrogens (tertiary/aromatic N) is 4. The van der Waals surface area contributed by atoms with Gasteiger partial charge in [0.05, 0.1) is 6.61 Å². The van der Waals surface area contributed by atoms with Crippen LogP contribution in [0, 0.1) is 0 Å². The Morgan fingerprint density at radius 1 is 1.09 bits per heavy atom. The second kappa shape index (κ2) is 11.1. The molecule has 0 radical (unpaired) electrons. The number of ether oxygens (including phenoxy) is 1. The minimum atomic E-state index is -0.131. The zero-order valence-corrected chi connectivity index (χ0v) is 19.6. The van der Waals surface area contributed by atoms with E-state index in [1.807, 2.05) is 48.2 Å². The molecule has 8 nitrogen and oxygen atoms in total. The van der Waals surface area contributed by atoms with Gasteiger partial charge in [-0.25, -0.2) is 9.97 Å². The van der Waals surface area contributed by atoms with E-state index in [1.54, 1.807) is 17.5 Å².